The lowest BCUT2D eigenvalue weighted by Gasteiger charge is -2.28. The van der Waals surface area contributed by atoms with E-state index in [1.165, 1.54) is 18.2 Å². The van der Waals surface area contributed by atoms with Crippen LogP contribution in [0, 0.1) is 0 Å². The Hall–Kier alpha value is -1.74. The molecule has 1 amide bonds. The van der Waals surface area contributed by atoms with Crippen molar-refractivity contribution in [2.24, 2.45) is 5.14 Å². The predicted octanol–water partition coefficient (Wildman–Crippen LogP) is 2.66. The van der Waals surface area contributed by atoms with Gasteiger partial charge in [0.15, 0.2) is 0 Å². The SMILES string of the molecule is NS(=O)(=O)c1ccc(Br)c(C(=O)NCC(c2ccccc2)N2CCCC2)c1. The van der Waals surface area contributed by atoms with Crippen molar-refractivity contribution < 1.29 is 13.2 Å². The van der Waals surface area contributed by atoms with E-state index < -0.39 is 10.0 Å². The summed E-state index contributed by atoms with van der Waals surface area (Å²) < 4.78 is 23.7. The molecule has 0 aliphatic carbocycles. The average molecular weight is 452 g/mol. The molecule has 3 rings (SSSR count). The highest BCUT2D eigenvalue weighted by Gasteiger charge is 2.24. The van der Waals surface area contributed by atoms with Gasteiger partial charge in [-0.15, -0.1) is 0 Å². The normalized spacial score (nSPS) is 16.2. The molecule has 8 heteroatoms. The number of likely N-dealkylation sites (tertiary alicyclic amines) is 1. The standard InChI is InChI=1S/C19H22BrN3O3S/c20-17-9-8-15(27(21,25)26)12-16(17)19(24)22-13-18(23-10-4-5-11-23)14-6-2-1-3-7-14/h1-3,6-9,12,18H,4-5,10-11,13H2,(H,22,24)(H2,21,25,26). The van der Waals surface area contributed by atoms with Crippen LogP contribution < -0.4 is 10.5 Å². The fourth-order valence-electron chi connectivity index (χ4n) is 3.33. The number of sulfonamides is 1. The summed E-state index contributed by atoms with van der Waals surface area (Å²) in [5, 5.41) is 8.12. The first-order valence-electron chi connectivity index (χ1n) is 8.76. The summed E-state index contributed by atoms with van der Waals surface area (Å²) in [5.74, 6) is -0.340. The molecule has 0 spiro atoms. The van der Waals surface area contributed by atoms with Crippen LogP contribution in [0.1, 0.15) is 34.8 Å². The third-order valence-corrected chi connectivity index (χ3v) is 6.34. The Labute approximate surface area is 167 Å². The number of hydrogen-bond donors (Lipinski definition) is 2. The summed E-state index contributed by atoms with van der Waals surface area (Å²) in [6.07, 6.45) is 2.30. The zero-order chi connectivity index (χ0) is 19.4. The highest BCUT2D eigenvalue weighted by Crippen LogP contribution is 2.25. The third-order valence-electron chi connectivity index (χ3n) is 4.73. The fourth-order valence-corrected chi connectivity index (χ4v) is 4.29. The largest absolute Gasteiger partial charge is 0.350 e. The maximum Gasteiger partial charge on any atom is 0.252 e. The van der Waals surface area contributed by atoms with Gasteiger partial charge in [-0.05, 0) is 65.6 Å². The molecule has 6 nitrogen and oxygen atoms in total. The van der Waals surface area contributed by atoms with E-state index in [9.17, 15) is 13.2 Å². The van der Waals surface area contributed by atoms with Crippen LogP contribution in [-0.2, 0) is 10.0 Å². The Morgan fingerprint density at radius 3 is 2.44 bits per heavy atom. The Bertz CT molecular complexity index is 913. The summed E-state index contributed by atoms with van der Waals surface area (Å²) in [6, 6.07) is 14.3. The number of carbonyl (C=O) groups is 1. The van der Waals surface area contributed by atoms with E-state index in [0.29, 0.717) is 11.0 Å². The number of halogens is 1. The molecule has 1 saturated heterocycles. The number of carbonyl (C=O) groups excluding carboxylic acids is 1. The third kappa shape index (κ3) is 4.95. The van der Waals surface area contributed by atoms with Crippen molar-refractivity contribution in [2.45, 2.75) is 23.8 Å². The summed E-state index contributed by atoms with van der Waals surface area (Å²) in [7, 11) is -3.87. The Kier molecular flexibility index (Phi) is 6.31. The minimum absolute atomic E-state index is 0.0813. The minimum Gasteiger partial charge on any atom is -0.350 e. The van der Waals surface area contributed by atoms with Gasteiger partial charge in [0.25, 0.3) is 5.91 Å². The molecular formula is C19H22BrN3O3S. The van der Waals surface area contributed by atoms with Gasteiger partial charge < -0.3 is 5.32 Å². The lowest BCUT2D eigenvalue weighted by atomic mass is 10.1. The van der Waals surface area contributed by atoms with Crippen molar-refractivity contribution in [2.75, 3.05) is 19.6 Å². The number of rotatable bonds is 6. The number of primary sulfonamides is 1. The van der Waals surface area contributed by atoms with Gasteiger partial charge in [-0.3, -0.25) is 9.69 Å². The number of benzene rings is 2. The van der Waals surface area contributed by atoms with Crippen LogP contribution in [0.15, 0.2) is 57.9 Å². The molecule has 144 valence electrons. The molecule has 27 heavy (non-hydrogen) atoms. The molecule has 0 aromatic heterocycles. The van der Waals surface area contributed by atoms with Crippen LogP contribution in [0.4, 0.5) is 0 Å². The van der Waals surface area contributed by atoms with Crippen molar-refractivity contribution in [3.05, 3.63) is 64.1 Å². The Morgan fingerprint density at radius 2 is 1.81 bits per heavy atom. The van der Waals surface area contributed by atoms with E-state index in [4.69, 9.17) is 5.14 Å². The highest BCUT2D eigenvalue weighted by atomic mass is 79.9. The van der Waals surface area contributed by atoms with E-state index in [-0.39, 0.29) is 22.4 Å². The molecule has 1 heterocycles. The van der Waals surface area contributed by atoms with E-state index in [2.05, 4.69) is 38.3 Å². The lowest BCUT2D eigenvalue weighted by Crippen LogP contribution is -2.37. The van der Waals surface area contributed by atoms with Gasteiger partial charge in [-0.2, -0.15) is 0 Å². The molecular weight excluding hydrogens is 430 g/mol. The number of nitrogens with zero attached hydrogens (tertiary/aromatic N) is 1. The van der Waals surface area contributed by atoms with E-state index in [1.807, 2.05) is 18.2 Å². The Morgan fingerprint density at radius 1 is 1.15 bits per heavy atom. The lowest BCUT2D eigenvalue weighted by molar-refractivity contribution is 0.0937. The van der Waals surface area contributed by atoms with Crippen LogP contribution in [0.2, 0.25) is 0 Å². The van der Waals surface area contributed by atoms with Gasteiger partial charge >= 0.3 is 0 Å². The maximum atomic E-state index is 12.7. The maximum absolute atomic E-state index is 12.7. The molecule has 1 atom stereocenters. The van der Waals surface area contributed by atoms with Gasteiger partial charge in [0, 0.05) is 11.0 Å². The van der Waals surface area contributed by atoms with Gasteiger partial charge in [0.05, 0.1) is 16.5 Å². The molecule has 1 fully saturated rings. The van der Waals surface area contributed by atoms with Crippen molar-refractivity contribution in [3.8, 4) is 0 Å². The first kappa shape index (κ1) is 20.0. The quantitative estimate of drug-likeness (QED) is 0.705. The fraction of sp³-hybridized carbons (Fsp3) is 0.316. The molecule has 0 saturated carbocycles. The summed E-state index contributed by atoms with van der Waals surface area (Å²) in [6.45, 7) is 2.44. The van der Waals surface area contributed by atoms with Crippen LogP contribution in [-0.4, -0.2) is 38.9 Å². The zero-order valence-electron chi connectivity index (χ0n) is 14.8. The highest BCUT2D eigenvalue weighted by molar-refractivity contribution is 9.10. The first-order valence-corrected chi connectivity index (χ1v) is 11.1. The number of nitrogens with two attached hydrogens (primary N) is 1. The van der Waals surface area contributed by atoms with Crippen LogP contribution in [0.25, 0.3) is 0 Å². The second-order valence-electron chi connectivity index (χ2n) is 6.57. The molecule has 3 N–H and O–H groups in total. The number of hydrogen-bond acceptors (Lipinski definition) is 4. The van der Waals surface area contributed by atoms with Crippen molar-refractivity contribution in [3.63, 3.8) is 0 Å². The topological polar surface area (TPSA) is 92.5 Å². The first-order chi connectivity index (χ1) is 12.9. The second kappa shape index (κ2) is 8.52. The minimum atomic E-state index is -3.87. The molecule has 2 aromatic rings. The predicted molar refractivity (Wildman–Crippen MR) is 108 cm³/mol. The smallest absolute Gasteiger partial charge is 0.252 e. The summed E-state index contributed by atoms with van der Waals surface area (Å²) in [5.41, 5.74) is 1.40. The van der Waals surface area contributed by atoms with Crippen molar-refractivity contribution in [1.82, 2.24) is 10.2 Å². The monoisotopic (exact) mass is 451 g/mol. The van der Waals surface area contributed by atoms with E-state index in [0.717, 1.165) is 31.5 Å². The summed E-state index contributed by atoms with van der Waals surface area (Å²) in [4.78, 5) is 15.0. The number of amides is 1. The molecule has 1 aliphatic rings. The molecule has 1 unspecified atom stereocenters. The molecule has 1 aliphatic heterocycles. The molecule has 2 aromatic carbocycles. The number of nitrogens with one attached hydrogen (secondary N) is 1. The van der Waals surface area contributed by atoms with Crippen LogP contribution in [0.5, 0.6) is 0 Å². The van der Waals surface area contributed by atoms with Crippen LogP contribution >= 0.6 is 15.9 Å². The molecule has 0 radical (unpaired) electrons. The van der Waals surface area contributed by atoms with Gasteiger partial charge in [0.1, 0.15) is 0 Å². The van der Waals surface area contributed by atoms with Crippen LogP contribution in [0.3, 0.4) is 0 Å². The van der Waals surface area contributed by atoms with Crippen molar-refractivity contribution >= 4 is 31.9 Å². The van der Waals surface area contributed by atoms with Crippen molar-refractivity contribution in [1.29, 1.82) is 0 Å². The zero-order valence-corrected chi connectivity index (χ0v) is 17.2. The Balaban J connectivity index is 1.78. The summed E-state index contributed by atoms with van der Waals surface area (Å²) >= 11 is 3.31. The van der Waals surface area contributed by atoms with E-state index in [1.54, 1.807) is 0 Å². The van der Waals surface area contributed by atoms with Gasteiger partial charge in [-0.25, -0.2) is 13.6 Å². The van der Waals surface area contributed by atoms with Gasteiger partial charge in [-0.1, -0.05) is 30.3 Å². The molecule has 0 bridgehead atoms. The second-order valence-corrected chi connectivity index (χ2v) is 8.98. The van der Waals surface area contributed by atoms with Gasteiger partial charge in [0.2, 0.25) is 10.0 Å². The van der Waals surface area contributed by atoms with E-state index >= 15 is 0 Å². The average Bonchev–Trinajstić information content (AvgIpc) is 3.16.